The molecule has 0 atom stereocenters. The van der Waals surface area contributed by atoms with Crippen molar-refractivity contribution in [1.29, 1.82) is 0 Å². The summed E-state index contributed by atoms with van der Waals surface area (Å²) < 4.78 is 5.51. The average molecular weight is 308 g/mol. The van der Waals surface area contributed by atoms with E-state index in [-0.39, 0.29) is 24.7 Å². The number of aliphatic hydroxyl groups is 1. The highest BCUT2D eigenvalue weighted by molar-refractivity contribution is 7.09. The molecular formula is C14H16N2O4S. The van der Waals surface area contributed by atoms with Gasteiger partial charge in [0.2, 0.25) is 0 Å². The molecule has 0 saturated heterocycles. The third-order valence-corrected chi connectivity index (χ3v) is 3.80. The zero-order chi connectivity index (χ0) is 15.2. The zero-order valence-corrected chi connectivity index (χ0v) is 12.4. The second-order valence-corrected chi connectivity index (χ2v) is 5.43. The second-order valence-electron chi connectivity index (χ2n) is 4.49. The van der Waals surface area contributed by atoms with Crippen LogP contribution < -0.4 is 4.74 Å². The molecule has 1 heterocycles. The molecule has 0 aliphatic carbocycles. The number of rotatable bonds is 7. The largest absolute Gasteiger partial charge is 0.480 e. The molecule has 2 rings (SSSR count). The lowest BCUT2D eigenvalue weighted by molar-refractivity contribution is -0.386. The monoisotopic (exact) mass is 308 g/mol. The topological polar surface area (TPSA) is 85.5 Å². The van der Waals surface area contributed by atoms with E-state index >= 15 is 0 Å². The van der Waals surface area contributed by atoms with Gasteiger partial charge in [0.1, 0.15) is 6.61 Å². The molecule has 0 bridgehead atoms. The van der Waals surface area contributed by atoms with Crippen molar-refractivity contribution in [2.75, 3.05) is 0 Å². The van der Waals surface area contributed by atoms with Crippen LogP contribution in [0.1, 0.15) is 29.6 Å². The minimum atomic E-state index is -0.500. The Morgan fingerprint density at radius 3 is 2.95 bits per heavy atom. The number of thiazole rings is 1. The molecule has 0 saturated carbocycles. The van der Waals surface area contributed by atoms with Gasteiger partial charge in [-0.1, -0.05) is 6.92 Å². The van der Waals surface area contributed by atoms with E-state index in [2.05, 4.69) is 11.9 Å². The van der Waals surface area contributed by atoms with Crippen LogP contribution in [0, 0.1) is 10.1 Å². The lowest BCUT2D eigenvalue weighted by Crippen LogP contribution is -2.00. The Labute approximate surface area is 126 Å². The Bertz CT molecular complexity index is 627. The van der Waals surface area contributed by atoms with E-state index in [4.69, 9.17) is 9.84 Å². The summed E-state index contributed by atoms with van der Waals surface area (Å²) in [6.07, 6.45) is 1.95. The van der Waals surface area contributed by atoms with E-state index < -0.39 is 4.92 Å². The van der Waals surface area contributed by atoms with Gasteiger partial charge in [0, 0.05) is 11.4 Å². The molecule has 0 unspecified atom stereocenters. The fourth-order valence-corrected chi connectivity index (χ4v) is 2.70. The Balaban J connectivity index is 2.12. The molecule has 0 aliphatic heterocycles. The maximum atomic E-state index is 11.0. The fourth-order valence-electron chi connectivity index (χ4n) is 1.82. The van der Waals surface area contributed by atoms with E-state index in [9.17, 15) is 10.1 Å². The van der Waals surface area contributed by atoms with Crippen molar-refractivity contribution in [3.05, 3.63) is 50.0 Å². The molecule has 6 nitrogen and oxygen atoms in total. The number of nitro benzene ring substituents is 1. The number of ether oxygens (including phenoxy) is 1. The maximum Gasteiger partial charge on any atom is 0.310 e. The molecule has 0 fully saturated rings. The van der Waals surface area contributed by atoms with Crippen molar-refractivity contribution in [2.24, 2.45) is 0 Å². The minimum Gasteiger partial charge on any atom is -0.480 e. The Morgan fingerprint density at radius 1 is 1.48 bits per heavy atom. The summed E-state index contributed by atoms with van der Waals surface area (Å²) in [6, 6.07) is 4.33. The van der Waals surface area contributed by atoms with Gasteiger partial charge < -0.3 is 9.84 Å². The van der Waals surface area contributed by atoms with Crippen LogP contribution in [0.3, 0.4) is 0 Å². The number of hydrogen-bond acceptors (Lipinski definition) is 6. The minimum absolute atomic E-state index is 0.115. The van der Waals surface area contributed by atoms with Crippen molar-refractivity contribution in [1.82, 2.24) is 4.98 Å². The SMILES string of the molecule is CCCc1nc(COc2cc(CO)ccc2[N+](=O)[O-])cs1. The van der Waals surface area contributed by atoms with Crippen LogP contribution in [-0.2, 0) is 19.6 Å². The first-order valence-electron chi connectivity index (χ1n) is 6.58. The Hall–Kier alpha value is -1.99. The van der Waals surface area contributed by atoms with E-state index in [1.165, 1.54) is 18.2 Å². The molecule has 1 N–H and O–H groups in total. The van der Waals surface area contributed by atoms with Gasteiger partial charge in [0.15, 0.2) is 5.75 Å². The molecule has 1 aromatic heterocycles. The van der Waals surface area contributed by atoms with Gasteiger partial charge in [-0.15, -0.1) is 11.3 Å². The number of nitrogens with zero attached hydrogens (tertiary/aromatic N) is 2. The van der Waals surface area contributed by atoms with Crippen molar-refractivity contribution in [2.45, 2.75) is 33.0 Å². The molecule has 1 aromatic carbocycles. The van der Waals surface area contributed by atoms with Crippen LogP contribution in [0.5, 0.6) is 5.75 Å². The first-order valence-corrected chi connectivity index (χ1v) is 7.46. The summed E-state index contributed by atoms with van der Waals surface area (Å²) in [6.45, 7) is 2.07. The molecule has 0 aliphatic rings. The maximum absolute atomic E-state index is 11.0. The van der Waals surface area contributed by atoms with Gasteiger partial charge in [0.25, 0.3) is 0 Å². The molecule has 0 spiro atoms. The van der Waals surface area contributed by atoms with Crippen LogP contribution in [0.2, 0.25) is 0 Å². The van der Waals surface area contributed by atoms with Gasteiger partial charge >= 0.3 is 5.69 Å². The smallest absolute Gasteiger partial charge is 0.310 e. The third kappa shape index (κ3) is 3.99. The van der Waals surface area contributed by atoms with Crippen molar-refractivity contribution >= 4 is 17.0 Å². The van der Waals surface area contributed by atoms with Crippen molar-refractivity contribution in [3.63, 3.8) is 0 Å². The fraction of sp³-hybridized carbons (Fsp3) is 0.357. The van der Waals surface area contributed by atoms with E-state index in [0.717, 1.165) is 23.5 Å². The van der Waals surface area contributed by atoms with Gasteiger partial charge in [-0.05, 0) is 30.5 Å². The summed E-state index contributed by atoms with van der Waals surface area (Å²) in [7, 11) is 0. The van der Waals surface area contributed by atoms with Crippen LogP contribution in [0.4, 0.5) is 5.69 Å². The number of aryl methyl sites for hydroxylation is 1. The van der Waals surface area contributed by atoms with Crippen molar-refractivity contribution in [3.8, 4) is 5.75 Å². The molecule has 112 valence electrons. The van der Waals surface area contributed by atoms with E-state index in [1.807, 2.05) is 5.38 Å². The summed E-state index contributed by atoms with van der Waals surface area (Å²) in [5, 5.41) is 23.0. The van der Waals surface area contributed by atoms with Crippen molar-refractivity contribution < 1.29 is 14.8 Å². The summed E-state index contributed by atoms with van der Waals surface area (Å²) in [5.41, 5.74) is 1.21. The van der Waals surface area contributed by atoms with Crippen LogP contribution in [0.15, 0.2) is 23.6 Å². The highest BCUT2D eigenvalue weighted by Gasteiger charge is 2.16. The number of nitro groups is 1. The second kappa shape index (κ2) is 7.14. The van der Waals surface area contributed by atoms with Gasteiger partial charge in [0.05, 0.1) is 22.2 Å². The van der Waals surface area contributed by atoms with Crippen LogP contribution >= 0.6 is 11.3 Å². The number of benzene rings is 1. The molecule has 21 heavy (non-hydrogen) atoms. The highest BCUT2D eigenvalue weighted by atomic mass is 32.1. The molecule has 0 radical (unpaired) electrons. The predicted molar refractivity (Wildman–Crippen MR) is 79.5 cm³/mol. The molecular weight excluding hydrogens is 292 g/mol. The number of aliphatic hydroxyl groups excluding tert-OH is 1. The Kier molecular flexibility index (Phi) is 5.24. The number of hydrogen-bond donors (Lipinski definition) is 1. The molecule has 0 amide bonds. The third-order valence-electron chi connectivity index (χ3n) is 2.84. The lowest BCUT2D eigenvalue weighted by Gasteiger charge is -2.06. The quantitative estimate of drug-likeness (QED) is 0.627. The van der Waals surface area contributed by atoms with Crippen LogP contribution in [-0.4, -0.2) is 15.0 Å². The predicted octanol–water partition coefficient (Wildman–Crippen LogP) is 3.08. The lowest BCUT2D eigenvalue weighted by atomic mass is 10.2. The van der Waals surface area contributed by atoms with E-state index in [0.29, 0.717) is 5.56 Å². The zero-order valence-electron chi connectivity index (χ0n) is 11.6. The van der Waals surface area contributed by atoms with Gasteiger partial charge in [-0.2, -0.15) is 0 Å². The van der Waals surface area contributed by atoms with E-state index in [1.54, 1.807) is 11.3 Å². The summed E-state index contributed by atoms with van der Waals surface area (Å²) >= 11 is 1.56. The molecule has 7 heteroatoms. The average Bonchev–Trinajstić information content (AvgIpc) is 2.92. The molecule has 2 aromatic rings. The highest BCUT2D eigenvalue weighted by Crippen LogP contribution is 2.29. The number of aromatic nitrogens is 1. The standard InChI is InChI=1S/C14H16N2O4S/c1-2-3-14-15-11(9-21-14)8-20-13-6-10(7-17)4-5-12(13)16(18)19/h4-6,9,17H,2-3,7-8H2,1H3. The summed E-state index contributed by atoms with van der Waals surface area (Å²) in [4.78, 5) is 14.9. The van der Waals surface area contributed by atoms with Gasteiger partial charge in [-0.3, -0.25) is 10.1 Å². The first-order chi connectivity index (χ1) is 10.1. The first kappa shape index (κ1) is 15.4. The normalized spacial score (nSPS) is 10.6. The summed E-state index contributed by atoms with van der Waals surface area (Å²) in [5.74, 6) is 0.150. The Morgan fingerprint density at radius 2 is 2.29 bits per heavy atom. The van der Waals surface area contributed by atoms with Gasteiger partial charge in [-0.25, -0.2) is 4.98 Å². The van der Waals surface area contributed by atoms with Crippen LogP contribution in [0.25, 0.3) is 0 Å².